The molecule has 120 valence electrons. The zero-order valence-electron chi connectivity index (χ0n) is 12.9. The molecule has 0 heterocycles. The van der Waals surface area contributed by atoms with Crippen LogP contribution in [0.2, 0.25) is 0 Å². The molecule has 0 fully saturated rings. The molecule has 6 nitrogen and oxygen atoms in total. The van der Waals surface area contributed by atoms with Gasteiger partial charge in [-0.25, -0.2) is 0 Å². The van der Waals surface area contributed by atoms with Crippen LogP contribution in [0, 0.1) is 0 Å². The molecule has 0 saturated carbocycles. The molecular weight excluding hydrogens is 296 g/mol. The van der Waals surface area contributed by atoms with Gasteiger partial charge < -0.3 is 20.5 Å². The molecular formula is C17H18N2O4. The summed E-state index contributed by atoms with van der Waals surface area (Å²) in [5.41, 5.74) is 5.88. The van der Waals surface area contributed by atoms with E-state index in [2.05, 4.69) is 5.32 Å². The Balaban J connectivity index is 2.07. The monoisotopic (exact) mass is 314 g/mol. The van der Waals surface area contributed by atoms with Gasteiger partial charge in [-0.2, -0.15) is 0 Å². The normalized spacial score (nSPS) is 11.4. The summed E-state index contributed by atoms with van der Waals surface area (Å²) < 4.78 is 10.7. The van der Waals surface area contributed by atoms with E-state index in [0.29, 0.717) is 17.2 Å². The maximum Gasteiger partial charge on any atom is 0.265 e. The summed E-state index contributed by atoms with van der Waals surface area (Å²) in [6.07, 6.45) is -0.761. The van der Waals surface area contributed by atoms with Gasteiger partial charge >= 0.3 is 0 Å². The molecule has 0 unspecified atom stereocenters. The first-order valence-corrected chi connectivity index (χ1v) is 7.01. The van der Waals surface area contributed by atoms with Gasteiger partial charge in [0.1, 0.15) is 11.5 Å². The predicted molar refractivity (Wildman–Crippen MR) is 86.7 cm³/mol. The Hall–Kier alpha value is -3.02. The van der Waals surface area contributed by atoms with Crippen LogP contribution in [-0.4, -0.2) is 25.0 Å². The Kier molecular flexibility index (Phi) is 5.19. The third-order valence-electron chi connectivity index (χ3n) is 3.17. The van der Waals surface area contributed by atoms with Crippen LogP contribution in [0.25, 0.3) is 0 Å². The van der Waals surface area contributed by atoms with Crippen molar-refractivity contribution in [3.8, 4) is 11.5 Å². The number of hydrogen-bond donors (Lipinski definition) is 2. The van der Waals surface area contributed by atoms with Gasteiger partial charge in [0.05, 0.1) is 18.4 Å². The predicted octanol–water partition coefficient (Wildman–Crippen LogP) is 2.20. The van der Waals surface area contributed by atoms with E-state index in [1.165, 1.54) is 0 Å². The van der Waals surface area contributed by atoms with Gasteiger partial charge in [0, 0.05) is 6.07 Å². The van der Waals surface area contributed by atoms with Crippen LogP contribution in [0.1, 0.15) is 17.3 Å². The Morgan fingerprint density at radius 1 is 1.09 bits per heavy atom. The number of carbonyl (C=O) groups excluding carboxylic acids is 2. The van der Waals surface area contributed by atoms with E-state index >= 15 is 0 Å². The maximum atomic E-state index is 12.2. The fraction of sp³-hybridized carbons (Fsp3) is 0.176. The van der Waals surface area contributed by atoms with Crippen LogP contribution in [0.5, 0.6) is 11.5 Å². The van der Waals surface area contributed by atoms with Crippen LogP contribution < -0.4 is 20.5 Å². The summed E-state index contributed by atoms with van der Waals surface area (Å²) in [5, 5.41) is 2.64. The third-order valence-corrected chi connectivity index (χ3v) is 3.17. The van der Waals surface area contributed by atoms with Crippen molar-refractivity contribution in [2.75, 3.05) is 12.4 Å². The number of carbonyl (C=O) groups is 2. The number of primary amides is 1. The van der Waals surface area contributed by atoms with Crippen molar-refractivity contribution >= 4 is 17.5 Å². The van der Waals surface area contributed by atoms with Crippen molar-refractivity contribution in [3.05, 3.63) is 54.1 Å². The summed E-state index contributed by atoms with van der Waals surface area (Å²) in [5.74, 6) is 0.146. The molecule has 1 atom stereocenters. The second-order valence-electron chi connectivity index (χ2n) is 4.84. The minimum Gasteiger partial charge on any atom is -0.497 e. The fourth-order valence-electron chi connectivity index (χ4n) is 1.97. The van der Waals surface area contributed by atoms with E-state index in [-0.39, 0.29) is 11.5 Å². The van der Waals surface area contributed by atoms with Gasteiger partial charge in [0.15, 0.2) is 6.10 Å². The van der Waals surface area contributed by atoms with Gasteiger partial charge in [0.25, 0.3) is 11.8 Å². The summed E-state index contributed by atoms with van der Waals surface area (Å²) in [6.45, 7) is 1.61. The highest BCUT2D eigenvalue weighted by Gasteiger charge is 2.17. The van der Waals surface area contributed by atoms with Crippen molar-refractivity contribution in [2.45, 2.75) is 13.0 Å². The van der Waals surface area contributed by atoms with Crippen molar-refractivity contribution in [2.24, 2.45) is 5.73 Å². The number of amides is 2. The summed E-state index contributed by atoms with van der Waals surface area (Å²) >= 11 is 0. The maximum absolute atomic E-state index is 12.2. The molecule has 0 aliphatic heterocycles. The van der Waals surface area contributed by atoms with Gasteiger partial charge in [-0.3, -0.25) is 9.59 Å². The summed E-state index contributed by atoms with van der Waals surface area (Å²) in [6, 6.07) is 13.5. The molecule has 3 N–H and O–H groups in total. The first-order valence-electron chi connectivity index (χ1n) is 7.01. The lowest BCUT2D eigenvalue weighted by Crippen LogP contribution is -2.31. The molecule has 0 radical (unpaired) electrons. The first kappa shape index (κ1) is 16.4. The van der Waals surface area contributed by atoms with Gasteiger partial charge in [-0.05, 0) is 31.2 Å². The number of methoxy groups -OCH3 is 1. The molecule has 2 rings (SSSR count). The zero-order chi connectivity index (χ0) is 16.8. The van der Waals surface area contributed by atoms with Gasteiger partial charge in [-0.15, -0.1) is 0 Å². The molecule has 6 heteroatoms. The number of para-hydroxylation sites is 1. The Labute approximate surface area is 134 Å². The lowest BCUT2D eigenvalue weighted by atomic mass is 10.1. The van der Waals surface area contributed by atoms with E-state index in [9.17, 15) is 9.59 Å². The number of hydrogen-bond acceptors (Lipinski definition) is 4. The lowest BCUT2D eigenvalue weighted by Gasteiger charge is -2.16. The molecule has 0 bridgehead atoms. The molecule has 0 aromatic heterocycles. The minimum absolute atomic E-state index is 0.245. The fourth-order valence-corrected chi connectivity index (χ4v) is 1.97. The highest BCUT2D eigenvalue weighted by Crippen LogP contribution is 2.21. The second-order valence-corrected chi connectivity index (χ2v) is 4.84. The zero-order valence-corrected chi connectivity index (χ0v) is 12.9. The van der Waals surface area contributed by atoms with Crippen LogP contribution in [0.4, 0.5) is 5.69 Å². The van der Waals surface area contributed by atoms with E-state index in [4.69, 9.17) is 15.2 Å². The smallest absolute Gasteiger partial charge is 0.265 e. The highest BCUT2D eigenvalue weighted by molar-refractivity contribution is 6.03. The summed E-state index contributed by atoms with van der Waals surface area (Å²) in [4.78, 5) is 23.6. The highest BCUT2D eigenvalue weighted by atomic mass is 16.5. The third kappa shape index (κ3) is 4.23. The number of rotatable bonds is 6. The van der Waals surface area contributed by atoms with Crippen molar-refractivity contribution in [1.82, 2.24) is 0 Å². The van der Waals surface area contributed by atoms with E-state index in [1.54, 1.807) is 62.6 Å². The Morgan fingerprint density at radius 2 is 1.78 bits per heavy atom. The van der Waals surface area contributed by atoms with Crippen LogP contribution in [-0.2, 0) is 4.79 Å². The molecule has 0 aliphatic carbocycles. The number of anilines is 1. The lowest BCUT2D eigenvalue weighted by molar-refractivity contribution is -0.122. The van der Waals surface area contributed by atoms with Crippen molar-refractivity contribution in [3.63, 3.8) is 0 Å². The molecule has 2 aromatic carbocycles. The average molecular weight is 314 g/mol. The van der Waals surface area contributed by atoms with E-state index in [1.807, 2.05) is 0 Å². The topological polar surface area (TPSA) is 90.7 Å². The standard InChI is InChI=1S/C17H18N2O4/c1-11(23-13-7-5-6-12(10-13)22-2)17(21)19-15-9-4-3-8-14(15)16(18)20/h3-11H,1-2H3,(H2,18,20)(H,19,21)/t11-/m0/s1. The number of nitrogens with two attached hydrogens (primary N) is 1. The number of benzene rings is 2. The first-order chi connectivity index (χ1) is 11.0. The average Bonchev–Trinajstić information content (AvgIpc) is 2.55. The Bertz CT molecular complexity index is 715. The minimum atomic E-state index is -0.761. The number of ether oxygens (including phenoxy) is 2. The molecule has 2 aromatic rings. The Morgan fingerprint density at radius 3 is 2.48 bits per heavy atom. The quantitative estimate of drug-likeness (QED) is 0.855. The molecule has 0 aliphatic rings. The van der Waals surface area contributed by atoms with Gasteiger partial charge in [0.2, 0.25) is 0 Å². The molecule has 0 spiro atoms. The van der Waals surface area contributed by atoms with Crippen molar-refractivity contribution < 1.29 is 19.1 Å². The van der Waals surface area contributed by atoms with E-state index in [0.717, 1.165) is 0 Å². The molecule has 0 saturated heterocycles. The van der Waals surface area contributed by atoms with Crippen LogP contribution in [0.15, 0.2) is 48.5 Å². The summed E-state index contributed by atoms with van der Waals surface area (Å²) in [7, 11) is 1.55. The number of nitrogens with one attached hydrogen (secondary N) is 1. The molecule has 2 amide bonds. The second kappa shape index (κ2) is 7.31. The van der Waals surface area contributed by atoms with Crippen LogP contribution in [0.3, 0.4) is 0 Å². The van der Waals surface area contributed by atoms with Crippen molar-refractivity contribution in [1.29, 1.82) is 0 Å². The SMILES string of the molecule is COc1cccc(O[C@@H](C)C(=O)Nc2ccccc2C(N)=O)c1. The van der Waals surface area contributed by atoms with Crippen LogP contribution >= 0.6 is 0 Å². The largest absolute Gasteiger partial charge is 0.497 e. The van der Waals surface area contributed by atoms with E-state index < -0.39 is 12.0 Å². The van der Waals surface area contributed by atoms with Gasteiger partial charge in [-0.1, -0.05) is 18.2 Å². The molecule has 23 heavy (non-hydrogen) atoms.